The molecule has 0 saturated carbocycles. The zero-order valence-corrected chi connectivity index (χ0v) is 12.1. The van der Waals surface area contributed by atoms with Crippen LogP contribution in [0.1, 0.15) is 17.9 Å². The van der Waals surface area contributed by atoms with Crippen LogP contribution in [0.15, 0.2) is 15.4 Å². The molecule has 0 amide bonds. The molecule has 2 heterocycles. The van der Waals surface area contributed by atoms with Gasteiger partial charge in [0.2, 0.25) is 10.0 Å². The smallest absolute Gasteiger partial charge is 0.246 e. The molecular weight excluding hydrogens is 268 g/mol. The molecule has 108 valence electrons. The van der Waals surface area contributed by atoms with Crippen molar-refractivity contribution in [2.75, 3.05) is 26.8 Å². The number of ether oxygens (including phenoxy) is 1. The third kappa shape index (κ3) is 2.84. The van der Waals surface area contributed by atoms with E-state index in [0.29, 0.717) is 31.2 Å². The first-order chi connectivity index (χ1) is 8.98. The SMILES string of the molecule is COCC1CCN(S(=O)(=O)c2cc(CN)oc2C)C1. The summed E-state index contributed by atoms with van der Waals surface area (Å²) in [6.45, 7) is 3.46. The molecule has 1 unspecified atom stereocenters. The Morgan fingerprint density at radius 2 is 2.32 bits per heavy atom. The predicted octanol–water partition coefficient (Wildman–Crippen LogP) is 0.704. The van der Waals surface area contributed by atoms with E-state index in [9.17, 15) is 8.42 Å². The van der Waals surface area contributed by atoms with Crippen molar-refractivity contribution in [1.82, 2.24) is 4.31 Å². The monoisotopic (exact) mass is 288 g/mol. The molecule has 6 nitrogen and oxygen atoms in total. The van der Waals surface area contributed by atoms with Crippen LogP contribution in [-0.4, -0.2) is 39.5 Å². The largest absolute Gasteiger partial charge is 0.464 e. The van der Waals surface area contributed by atoms with Gasteiger partial charge < -0.3 is 14.9 Å². The number of sulfonamides is 1. The highest BCUT2D eigenvalue weighted by atomic mass is 32.2. The van der Waals surface area contributed by atoms with Gasteiger partial charge in [-0.05, 0) is 19.3 Å². The minimum Gasteiger partial charge on any atom is -0.464 e. The number of rotatable bonds is 5. The van der Waals surface area contributed by atoms with Crippen LogP contribution in [0.2, 0.25) is 0 Å². The lowest BCUT2D eigenvalue weighted by Gasteiger charge is -2.15. The van der Waals surface area contributed by atoms with Gasteiger partial charge in [0.05, 0.1) is 13.2 Å². The van der Waals surface area contributed by atoms with Gasteiger partial charge in [0.1, 0.15) is 16.4 Å². The van der Waals surface area contributed by atoms with Crippen LogP contribution in [0.4, 0.5) is 0 Å². The lowest BCUT2D eigenvalue weighted by molar-refractivity contribution is 0.157. The van der Waals surface area contributed by atoms with Crippen LogP contribution in [0.3, 0.4) is 0 Å². The highest BCUT2D eigenvalue weighted by molar-refractivity contribution is 7.89. The van der Waals surface area contributed by atoms with E-state index in [1.807, 2.05) is 0 Å². The number of aryl methyl sites for hydroxylation is 1. The summed E-state index contributed by atoms with van der Waals surface area (Å²) < 4.78 is 36.9. The Balaban J connectivity index is 2.21. The molecule has 1 aliphatic heterocycles. The zero-order chi connectivity index (χ0) is 14.0. The van der Waals surface area contributed by atoms with Gasteiger partial charge in [0, 0.05) is 26.3 Å². The van der Waals surface area contributed by atoms with Crippen molar-refractivity contribution in [2.24, 2.45) is 11.7 Å². The molecular formula is C12H20N2O4S. The van der Waals surface area contributed by atoms with Crippen LogP contribution in [0.25, 0.3) is 0 Å². The molecule has 19 heavy (non-hydrogen) atoms. The van der Waals surface area contributed by atoms with Gasteiger partial charge in [0.25, 0.3) is 0 Å². The number of hydrogen-bond acceptors (Lipinski definition) is 5. The molecule has 2 rings (SSSR count). The van der Waals surface area contributed by atoms with E-state index in [1.54, 1.807) is 14.0 Å². The third-order valence-corrected chi connectivity index (χ3v) is 5.37. The number of nitrogens with two attached hydrogens (primary N) is 1. The fourth-order valence-corrected chi connectivity index (χ4v) is 4.12. The molecule has 0 bridgehead atoms. The molecule has 7 heteroatoms. The van der Waals surface area contributed by atoms with Crippen LogP contribution in [-0.2, 0) is 21.3 Å². The summed E-state index contributed by atoms with van der Waals surface area (Å²) in [6, 6.07) is 1.52. The number of nitrogens with zero attached hydrogens (tertiary/aromatic N) is 1. The van der Waals surface area contributed by atoms with E-state index >= 15 is 0 Å². The number of hydrogen-bond donors (Lipinski definition) is 1. The number of furan rings is 1. The maximum Gasteiger partial charge on any atom is 0.246 e. The predicted molar refractivity (Wildman–Crippen MR) is 70.1 cm³/mol. The summed E-state index contributed by atoms with van der Waals surface area (Å²) in [6.07, 6.45) is 0.827. The molecule has 1 aromatic rings. The van der Waals surface area contributed by atoms with Gasteiger partial charge in [-0.2, -0.15) is 4.31 Å². The molecule has 0 radical (unpaired) electrons. The quantitative estimate of drug-likeness (QED) is 0.862. The Morgan fingerprint density at radius 1 is 1.58 bits per heavy atom. The van der Waals surface area contributed by atoms with Crippen molar-refractivity contribution >= 4 is 10.0 Å². The maximum absolute atomic E-state index is 12.5. The summed E-state index contributed by atoms with van der Waals surface area (Å²) in [7, 11) is -1.85. The van der Waals surface area contributed by atoms with Crippen LogP contribution < -0.4 is 5.73 Å². The van der Waals surface area contributed by atoms with E-state index in [-0.39, 0.29) is 17.4 Å². The van der Waals surface area contributed by atoms with Crippen molar-refractivity contribution in [3.8, 4) is 0 Å². The van der Waals surface area contributed by atoms with E-state index in [1.165, 1.54) is 10.4 Å². The molecule has 1 aliphatic rings. The van der Waals surface area contributed by atoms with Crippen molar-refractivity contribution in [1.29, 1.82) is 0 Å². The van der Waals surface area contributed by atoms with E-state index in [2.05, 4.69) is 0 Å². The highest BCUT2D eigenvalue weighted by Gasteiger charge is 2.34. The Hall–Kier alpha value is -0.890. The highest BCUT2D eigenvalue weighted by Crippen LogP contribution is 2.28. The van der Waals surface area contributed by atoms with E-state index in [0.717, 1.165) is 6.42 Å². The second-order valence-electron chi connectivity index (χ2n) is 4.81. The topological polar surface area (TPSA) is 85.8 Å². The first kappa shape index (κ1) is 14.5. The molecule has 2 N–H and O–H groups in total. The molecule has 1 saturated heterocycles. The second-order valence-corrected chi connectivity index (χ2v) is 6.72. The van der Waals surface area contributed by atoms with Gasteiger partial charge in [-0.25, -0.2) is 8.42 Å². The minimum absolute atomic E-state index is 0.197. The molecule has 1 fully saturated rings. The summed E-state index contributed by atoms with van der Waals surface area (Å²) in [5.74, 6) is 1.15. The van der Waals surface area contributed by atoms with Crippen molar-refractivity contribution in [3.63, 3.8) is 0 Å². The Bertz CT molecular complexity index is 538. The molecule has 0 aromatic carbocycles. The molecule has 0 spiro atoms. The van der Waals surface area contributed by atoms with Gasteiger partial charge in [-0.1, -0.05) is 0 Å². The fourth-order valence-electron chi connectivity index (χ4n) is 2.41. The average molecular weight is 288 g/mol. The summed E-state index contributed by atoms with van der Waals surface area (Å²) in [4.78, 5) is 0.228. The first-order valence-electron chi connectivity index (χ1n) is 6.27. The van der Waals surface area contributed by atoms with Crippen LogP contribution in [0.5, 0.6) is 0 Å². The van der Waals surface area contributed by atoms with Gasteiger partial charge >= 0.3 is 0 Å². The fraction of sp³-hybridized carbons (Fsp3) is 0.667. The van der Waals surface area contributed by atoms with E-state index in [4.69, 9.17) is 14.9 Å². The Kier molecular flexibility index (Phi) is 4.29. The van der Waals surface area contributed by atoms with Crippen LogP contribution >= 0.6 is 0 Å². The Labute approximate surface area is 113 Å². The second kappa shape index (κ2) is 5.62. The summed E-state index contributed by atoms with van der Waals surface area (Å²) in [5.41, 5.74) is 5.47. The van der Waals surface area contributed by atoms with Gasteiger partial charge in [0.15, 0.2) is 0 Å². The molecule has 1 aromatic heterocycles. The first-order valence-corrected chi connectivity index (χ1v) is 7.71. The van der Waals surface area contributed by atoms with Gasteiger partial charge in [-0.3, -0.25) is 0 Å². The standard InChI is InChI=1S/C12H20N2O4S/c1-9-12(5-11(6-13)18-9)19(15,16)14-4-3-10(7-14)8-17-2/h5,10H,3-4,6-8,13H2,1-2H3. The minimum atomic E-state index is -3.48. The normalized spacial score (nSPS) is 21.1. The average Bonchev–Trinajstić information content (AvgIpc) is 2.96. The lowest BCUT2D eigenvalue weighted by Crippen LogP contribution is -2.29. The molecule has 0 aliphatic carbocycles. The molecule has 1 atom stereocenters. The Morgan fingerprint density at radius 3 is 2.89 bits per heavy atom. The number of methoxy groups -OCH3 is 1. The lowest BCUT2D eigenvalue weighted by atomic mass is 10.1. The van der Waals surface area contributed by atoms with Crippen molar-refractivity contribution in [2.45, 2.75) is 24.8 Å². The zero-order valence-electron chi connectivity index (χ0n) is 11.3. The maximum atomic E-state index is 12.5. The summed E-state index contributed by atoms with van der Waals surface area (Å²) >= 11 is 0. The van der Waals surface area contributed by atoms with Crippen LogP contribution in [0, 0.1) is 12.8 Å². The van der Waals surface area contributed by atoms with Crippen molar-refractivity contribution < 1.29 is 17.6 Å². The third-order valence-electron chi connectivity index (χ3n) is 3.39. The van der Waals surface area contributed by atoms with Crippen molar-refractivity contribution in [3.05, 3.63) is 17.6 Å². The van der Waals surface area contributed by atoms with Gasteiger partial charge in [-0.15, -0.1) is 0 Å². The summed E-state index contributed by atoms with van der Waals surface area (Å²) in [5, 5.41) is 0. The van der Waals surface area contributed by atoms with E-state index < -0.39 is 10.0 Å².